The molecule has 0 aliphatic heterocycles. The number of carbonyl (C=O) groups is 1. The minimum Gasteiger partial charge on any atom is -0.460 e. The number of ether oxygens (including phenoxy) is 1. The molecule has 0 aromatic heterocycles. The molecule has 3 nitrogen and oxygen atoms in total. The van der Waals surface area contributed by atoms with Crippen LogP contribution in [0.4, 0.5) is 57.1 Å². The Bertz CT molecular complexity index is 624. The van der Waals surface area contributed by atoms with Gasteiger partial charge in [0.05, 0.1) is 6.10 Å². The summed E-state index contributed by atoms with van der Waals surface area (Å²) in [5, 5.41) is 9.06. The van der Waals surface area contributed by atoms with Crippen LogP contribution in [-0.4, -0.2) is 59.6 Å². The quantitative estimate of drug-likeness (QED) is 0.310. The van der Waals surface area contributed by atoms with Crippen LogP contribution in [0.2, 0.25) is 0 Å². The highest BCUT2D eigenvalue weighted by atomic mass is 19.4. The Kier molecular flexibility index (Phi) is 7.36. The number of halogens is 13. The maximum atomic E-state index is 13.4. The fourth-order valence-electron chi connectivity index (χ4n) is 1.58. The van der Waals surface area contributed by atoms with Gasteiger partial charge in [0.1, 0.15) is 6.61 Å². The van der Waals surface area contributed by atoms with Gasteiger partial charge in [0.15, 0.2) is 0 Å². The van der Waals surface area contributed by atoms with Crippen LogP contribution in [0.5, 0.6) is 0 Å². The van der Waals surface area contributed by atoms with E-state index in [9.17, 15) is 61.9 Å². The third kappa shape index (κ3) is 4.71. The van der Waals surface area contributed by atoms with Gasteiger partial charge in [0.2, 0.25) is 0 Å². The molecule has 0 unspecified atom stereocenters. The predicted octanol–water partition coefficient (Wildman–Crippen LogP) is 4.60. The second-order valence-corrected chi connectivity index (χ2v) is 5.74. The Morgan fingerprint density at radius 1 is 0.828 bits per heavy atom. The van der Waals surface area contributed by atoms with Crippen molar-refractivity contribution in [2.45, 2.75) is 55.2 Å². The average molecular weight is 462 g/mol. The summed E-state index contributed by atoms with van der Waals surface area (Å²) >= 11 is 0. The molecule has 0 aromatic carbocycles. The van der Waals surface area contributed by atoms with Gasteiger partial charge in [-0.05, 0) is 6.92 Å². The maximum Gasteiger partial charge on any atom is 0.460 e. The SMILES string of the molecule is C=C(C)C(=O)OC[C@H](O)CC(F)(F)C(F)(F)C(F)(F)C(F)(F)C(F)(F)C(F)(F)F. The molecule has 16 heteroatoms. The second kappa shape index (κ2) is 7.83. The summed E-state index contributed by atoms with van der Waals surface area (Å²) < 4.78 is 171. The molecule has 172 valence electrons. The predicted molar refractivity (Wildman–Crippen MR) is 67.2 cm³/mol. The van der Waals surface area contributed by atoms with Crippen molar-refractivity contribution in [2.75, 3.05) is 6.61 Å². The lowest BCUT2D eigenvalue weighted by molar-refractivity contribution is -0.440. The van der Waals surface area contributed by atoms with Crippen molar-refractivity contribution in [1.82, 2.24) is 0 Å². The first-order valence-electron chi connectivity index (χ1n) is 6.94. The van der Waals surface area contributed by atoms with Gasteiger partial charge in [-0.1, -0.05) is 6.58 Å². The van der Waals surface area contributed by atoms with E-state index in [1.54, 1.807) is 0 Å². The molecule has 0 rings (SSSR count). The molecule has 0 saturated carbocycles. The van der Waals surface area contributed by atoms with Crippen LogP contribution in [0, 0.1) is 0 Å². The zero-order valence-electron chi connectivity index (χ0n) is 13.9. The normalized spacial score (nSPS) is 15.8. The van der Waals surface area contributed by atoms with E-state index in [1.807, 2.05) is 0 Å². The summed E-state index contributed by atoms with van der Waals surface area (Å²) in [5.74, 6) is -39.1. The third-order valence-electron chi connectivity index (χ3n) is 3.25. The highest BCUT2D eigenvalue weighted by Crippen LogP contribution is 2.60. The molecule has 0 saturated heterocycles. The zero-order valence-corrected chi connectivity index (χ0v) is 13.9. The van der Waals surface area contributed by atoms with E-state index < -0.39 is 66.5 Å². The first-order chi connectivity index (χ1) is 12.5. The molecule has 1 N–H and O–H groups in total. The van der Waals surface area contributed by atoms with E-state index in [1.165, 1.54) is 0 Å². The number of aliphatic hydroxyl groups is 1. The van der Waals surface area contributed by atoms with E-state index in [2.05, 4.69) is 11.3 Å². The van der Waals surface area contributed by atoms with Crippen molar-refractivity contribution in [2.24, 2.45) is 0 Å². The molecule has 29 heavy (non-hydrogen) atoms. The van der Waals surface area contributed by atoms with E-state index in [0.717, 1.165) is 6.92 Å². The lowest BCUT2D eigenvalue weighted by Gasteiger charge is -2.40. The van der Waals surface area contributed by atoms with Crippen LogP contribution in [0.1, 0.15) is 13.3 Å². The van der Waals surface area contributed by atoms with Gasteiger partial charge in [-0.25, -0.2) is 4.79 Å². The topological polar surface area (TPSA) is 46.5 Å². The molecular weight excluding hydrogens is 451 g/mol. The van der Waals surface area contributed by atoms with Gasteiger partial charge in [-0.15, -0.1) is 0 Å². The fraction of sp³-hybridized carbons (Fsp3) is 0.769. The minimum atomic E-state index is -8.01. The Hall–Kier alpha value is -1.74. The molecule has 0 aliphatic carbocycles. The Labute approximate surface area is 153 Å². The van der Waals surface area contributed by atoms with Crippen LogP contribution in [-0.2, 0) is 9.53 Å². The number of esters is 1. The summed E-state index contributed by atoms with van der Waals surface area (Å²) in [6, 6.07) is 0. The van der Waals surface area contributed by atoms with E-state index in [4.69, 9.17) is 5.11 Å². The number of hydrogen-bond acceptors (Lipinski definition) is 3. The molecule has 0 heterocycles. The highest BCUT2D eigenvalue weighted by molar-refractivity contribution is 5.86. The Morgan fingerprint density at radius 3 is 1.55 bits per heavy atom. The Balaban J connectivity index is 5.81. The average Bonchev–Trinajstić information content (AvgIpc) is 2.49. The van der Waals surface area contributed by atoms with Crippen LogP contribution >= 0.6 is 0 Å². The van der Waals surface area contributed by atoms with Gasteiger partial charge in [-0.3, -0.25) is 0 Å². The third-order valence-corrected chi connectivity index (χ3v) is 3.25. The van der Waals surface area contributed by atoms with E-state index >= 15 is 0 Å². The molecule has 0 aromatic rings. The van der Waals surface area contributed by atoms with Gasteiger partial charge in [0.25, 0.3) is 0 Å². The number of alkyl halides is 13. The van der Waals surface area contributed by atoms with Gasteiger partial charge < -0.3 is 9.84 Å². The summed E-state index contributed by atoms with van der Waals surface area (Å²) in [4.78, 5) is 10.9. The van der Waals surface area contributed by atoms with Crippen molar-refractivity contribution in [1.29, 1.82) is 0 Å². The monoisotopic (exact) mass is 462 g/mol. The number of hydrogen-bond donors (Lipinski definition) is 1. The summed E-state index contributed by atoms with van der Waals surface area (Å²) in [6.07, 6.45) is -13.3. The smallest absolute Gasteiger partial charge is 0.460 e. The summed E-state index contributed by atoms with van der Waals surface area (Å²) in [7, 11) is 0. The van der Waals surface area contributed by atoms with E-state index in [0.29, 0.717) is 0 Å². The molecule has 0 radical (unpaired) electrons. The molecule has 0 spiro atoms. The second-order valence-electron chi connectivity index (χ2n) is 5.74. The van der Waals surface area contributed by atoms with Crippen molar-refractivity contribution in [3.63, 3.8) is 0 Å². The molecule has 1 atom stereocenters. The highest BCUT2D eigenvalue weighted by Gasteiger charge is 2.90. The largest absolute Gasteiger partial charge is 0.460 e. The lowest BCUT2D eigenvalue weighted by atomic mass is 9.91. The van der Waals surface area contributed by atoms with Crippen LogP contribution in [0.25, 0.3) is 0 Å². The maximum absolute atomic E-state index is 13.4. The number of carbonyl (C=O) groups excluding carboxylic acids is 1. The zero-order chi connectivity index (χ0) is 23.9. The first kappa shape index (κ1) is 27.3. The summed E-state index contributed by atoms with van der Waals surface area (Å²) in [6.45, 7) is 2.41. The Morgan fingerprint density at radius 2 is 1.21 bits per heavy atom. The van der Waals surface area contributed by atoms with E-state index in [-0.39, 0.29) is 0 Å². The van der Waals surface area contributed by atoms with Gasteiger partial charge >= 0.3 is 41.8 Å². The molecular formula is C13H11F13O3. The molecule has 0 fully saturated rings. The van der Waals surface area contributed by atoms with Crippen LogP contribution in [0.3, 0.4) is 0 Å². The number of aliphatic hydroxyl groups excluding tert-OH is 1. The van der Waals surface area contributed by atoms with Gasteiger partial charge in [0, 0.05) is 12.0 Å². The van der Waals surface area contributed by atoms with Crippen molar-refractivity contribution in [3.05, 3.63) is 12.2 Å². The molecule has 0 amide bonds. The standard InChI is InChI=1S/C13H11F13O3/c1-5(2)7(28)29-4-6(27)3-8(14,15)9(16,17)10(18,19)11(20,21)12(22,23)13(24,25)26/h6,27H,1,3-4H2,2H3/t6-/m1/s1. The first-order valence-corrected chi connectivity index (χ1v) is 6.94. The van der Waals surface area contributed by atoms with Crippen molar-refractivity contribution >= 4 is 5.97 Å². The van der Waals surface area contributed by atoms with Crippen molar-refractivity contribution in [3.8, 4) is 0 Å². The fourth-order valence-corrected chi connectivity index (χ4v) is 1.58. The van der Waals surface area contributed by atoms with Crippen LogP contribution in [0.15, 0.2) is 12.2 Å². The minimum absolute atomic E-state index is 0.394. The lowest BCUT2D eigenvalue weighted by Crippen LogP contribution is -2.70. The number of rotatable bonds is 9. The van der Waals surface area contributed by atoms with Gasteiger partial charge in [-0.2, -0.15) is 57.1 Å². The van der Waals surface area contributed by atoms with Crippen LogP contribution < -0.4 is 0 Å². The molecule has 0 bridgehead atoms. The van der Waals surface area contributed by atoms with Crippen molar-refractivity contribution < 1.29 is 71.7 Å². The summed E-state index contributed by atoms with van der Waals surface area (Å²) in [5.41, 5.74) is -0.394. The molecule has 0 aliphatic rings.